The Morgan fingerprint density at radius 1 is 0.536 bits per heavy atom. The zero-order valence-corrected chi connectivity index (χ0v) is 30.7. The molecule has 0 bridgehead atoms. The van der Waals surface area contributed by atoms with Crippen molar-refractivity contribution in [2.24, 2.45) is 4.99 Å². The van der Waals surface area contributed by atoms with Gasteiger partial charge in [-0.25, -0.2) is 4.99 Å². The zero-order valence-electron chi connectivity index (χ0n) is 29.9. The van der Waals surface area contributed by atoms with Crippen molar-refractivity contribution in [3.05, 3.63) is 181 Å². The highest BCUT2D eigenvalue weighted by Gasteiger charge is 2.32. The summed E-state index contributed by atoms with van der Waals surface area (Å²) < 4.78 is 14.0. The predicted molar refractivity (Wildman–Crippen MR) is 235 cm³/mol. The number of rotatable bonds is 3. The van der Waals surface area contributed by atoms with Crippen LogP contribution >= 0.6 is 11.3 Å². The average molecular weight is 735 g/mol. The molecule has 0 spiro atoms. The van der Waals surface area contributed by atoms with Gasteiger partial charge in [0, 0.05) is 53.7 Å². The Kier molecular flexibility index (Phi) is 6.04. The van der Waals surface area contributed by atoms with Gasteiger partial charge in [0.05, 0.1) is 38.0 Å². The highest BCUT2D eigenvalue weighted by molar-refractivity contribution is 7.27. The molecule has 56 heavy (non-hydrogen) atoms. The van der Waals surface area contributed by atoms with E-state index in [0.29, 0.717) is 0 Å². The second-order valence-electron chi connectivity index (χ2n) is 14.7. The van der Waals surface area contributed by atoms with E-state index in [4.69, 9.17) is 9.41 Å². The van der Waals surface area contributed by atoms with Gasteiger partial charge in [0.15, 0.2) is 0 Å². The molecule has 5 nitrogen and oxygen atoms in total. The molecule has 0 fully saturated rings. The van der Waals surface area contributed by atoms with Crippen molar-refractivity contribution in [1.29, 1.82) is 0 Å². The van der Waals surface area contributed by atoms with Crippen LogP contribution in [-0.4, -0.2) is 14.8 Å². The Hall–Kier alpha value is -7.15. The van der Waals surface area contributed by atoms with Crippen molar-refractivity contribution in [2.75, 3.05) is 5.32 Å². The van der Waals surface area contributed by atoms with Crippen molar-refractivity contribution >= 4 is 108 Å². The van der Waals surface area contributed by atoms with Crippen LogP contribution < -0.4 is 5.32 Å². The van der Waals surface area contributed by atoms with Crippen LogP contribution in [-0.2, 0) is 0 Å². The molecule has 6 heteroatoms. The lowest BCUT2D eigenvalue weighted by molar-refractivity contribution is 0.561. The van der Waals surface area contributed by atoms with Crippen LogP contribution in [0, 0.1) is 0 Å². The number of furan rings is 1. The van der Waals surface area contributed by atoms with E-state index >= 15 is 0 Å². The minimum atomic E-state index is -0.489. The van der Waals surface area contributed by atoms with Gasteiger partial charge in [-0.3, -0.25) is 4.57 Å². The Morgan fingerprint density at radius 2 is 1.18 bits per heavy atom. The van der Waals surface area contributed by atoms with E-state index in [1.54, 1.807) is 0 Å². The minimum absolute atomic E-state index is 0.489. The second-order valence-corrected chi connectivity index (χ2v) is 15.7. The quantitative estimate of drug-likeness (QED) is 0.196. The number of para-hydroxylation sites is 4. The van der Waals surface area contributed by atoms with Crippen LogP contribution in [0.2, 0.25) is 0 Å². The van der Waals surface area contributed by atoms with Crippen molar-refractivity contribution in [1.82, 2.24) is 9.13 Å². The van der Waals surface area contributed by atoms with Gasteiger partial charge in [0.2, 0.25) is 12.2 Å². The zero-order chi connectivity index (χ0) is 36.5. The van der Waals surface area contributed by atoms with E-state index in [2.05, 4.69) is 172 Å². The molecule has 5 heterocycles. The Morgan fingerprint density at radius 3 is 2.02 bits per heavy atom. The van der Waals surface area contributed by atoms with Crippen molar-refractivity contribution < 1.29 is 4.42 Å². The highest BCUT2D eigenvalue weighted by atomic mass is 32.1. The van der Waals surface area contributed by atoms with Crippen LogP contribution in [0.3, 0.4) is 0 Å². The number of benzene rings is 8. The van der Waals surface area contributed by atoms with Crippen LogP contribution in [0.5, 0.6) is 0 Å². The molecular weight excluding hydrogens is 705 g/mol. The lowest BCUT2D eigenvalue weighted by Crippen LogP contribution is -2.24. The first kappa shape index (κ1) is 30.2. The third-order valence-corrected chi connectivity index (χ3v) is 12.9. The first-order chi connectivity index (χ1) is 27.8. The SMILES string of the molecule is c1ccc(-n2c3ccccc3c3cc(C4=NC(n5c6ccccc6c6c7ccccc7c7c8ccccc8sc7c65)Nc5oc6ccccc6c54)ccc32)cc1. The molecule has 1 unspecified atom stereocenters. The molecule has 0 aliphatic carbocycles. The fraction of sp³-hybridized carbons (Fsp3) is 0.0200. The smallest absolute Gasteiger partial charge is 0.206 e. The van der Waals surface area contributed by atoms with E-state index in [1.165, 1.54) is 63.5 Å². The fourth-order valence-electron chi connectivity index (χ4n) is 9.45. The number of thiophene rings is 1. The highest BCUT2D eigenvalue weighted by Crippen LogP contribution is 2.49. The number of nitrogens with one attached hydrogen (secondary N) is 1. The van der Waals surface area contributed by atoms with Crippen LogP contribution in [0.25, 0.3) is 91.2 Å². The molecule has 1 N–H and O–H groups in total. The molecule has 0 amide bonds. The molecular formula is C50H30N4OS. The van der Waals surface area contributed by atoms with Crippen molar-refractivity contribution in [3.63, 3.8) is 0 Å². The van der Waals surface area contributed by atoms with E-state index in [-0.39, 0.29) is 0 Å². The first-order valence-corrected chi connectivity index (χ1v) is 19.8. The van der Waals surface area contributed by atoms with E-state index < -0.39 is 6.29 Å². The standard InChI is InChI=1S/C50H30N4OS/c1-2-14-30(15-3-1)53-38-22-10-6-16-31(38)37-28-29(26-27-40(37)53)46-45-35-20-8-12-24-41(35)55-49(45)52-50(51-46)54-39-23-11-7-19-34(39)43-32-17-4-5-18-33(32)44-36-21-9-13-25-42(36)56-48(44)47(43)54/h1-28,50,52H. The fourth-order valence-corrected chi connectivity index (χ4v) is 10.7. The molecule has 0 saturated carbocycles. The normalized spacial score (nSPS) is 14.5. The van der Waals surface area contributed by atoms with Crippen molar-refractivity contribution in [3.8, 4) is 5.69 Å². The maximum Gasteiger partial charge on any atom is 0.206 e. The van der Waals surface area contributed by atoms with Gasteiger partial charge in [0.1, 0.15) is 5.58 Å². The van der Waals surface area contributed by atoms with Gasteiger partial charge in [-0.1, -0.05) is 121 Å². The molecule has 8 aromatic carbocycles. The van der Waals surface area contributed by atoms with Gasteiger partial charge in [-0.05, 0) is 59.3 Å². The summed E-state index contributed by atoms with van der Waals surface area (Å²) in [5.41, 5.74) is 9.56. The minimum Gasteiger partial charge on any atom is -0.440 e. The van der Waals surface area contributed by atoms with E-state index in [9.17, 15) is 0 Å². The third kappa shape index (κ3) is 4.00. The summed E-state index contributed by atoms with van der Waals surface area (Å²) in [5.74, 6) is 0.729. The van der Waals surface area contributed by atoms with Gasteiger partial charge in [0.25, 0.3) is 0 Å². The summed E-state index contributed by atoms with van der Waals surface area (Å²) in [5, 5.41) is 14.8. The summed E-state index contributed by atoms with van der Waals surface area (Å²) in [6.07, 6.45) is -0.489. The molecule has 12 aromatic rings. The van der Waals surface area contributed by atoms with E-state index in [0.717, 1.165) is 50.4 Å². The number of hydrogen-bond donors (Lipinski definition) is 1. The second kappa shape index (κ2) is 11.2. The Bertz CT molecular complexity index is 3640. The summed E-state index contributed by atoms with van der Waals surface area (Å²) in [6, 6.07) is 60.9. The molecule has 1 atom stereocenters. The molecule has 13 rings (SSSR count). The Labute approximate surface area is 323 Å². The van der Waals surface area contributed by atoms with Gasteiger partial charge >= 0.3 is 0 Å². The number of aliphatic imine (C=N–C) groups is 1. The number of aromatic nitrogens is 2. The lowest BCUT2D eigenvalue weighted by atomic mass is 9.98. The van der Waals surface area contributed by atoms with Gasteiger partial charge in [-0.2, -0.15) is 0 Å². The molecule has 1 aliphatic heterocycles. The largest absolute Gasteiger partial charge is 0.440 e. The molecule has 1 aliphatic rings. The maximum absolute atomic E-state index is 6.71. The topological polar surface area (TPSA) is 47.4 Å². The van der Waals surface area contributed by atoms with Crippen LogP contribution in [0.15, 0.2) is 179 Å². The maximum atomic E-state index is 6.71. The molecule has 262 valence electrons. The number of hydrogen-bond acceptors (Lipinski definition) is 4. The number of nitrogens with zero attached hydrogens (tertiary/aromatic N) is 3. The monoisotopic (exact) mass is 734 g/mol. The molecule has 0 radical (unpaired) electrons. The lowest BCUT2D eigenvalue weighted by Gasteiger charge is -2.25. The summed E-state index contributed by atoms with van der Waals surface area (Å²) in [4.78, 5) is 5.76. The summed E-state index contributed by atoms with van der Waals surface area (Å²) in [7, 11) is 0. The molecule has 0 saturated heterocycles. The van der Waals surface area contributed by atoms with E-state index in [1.807, 2.05) is 23.5 Å². The van der Waals surface area contributed by atoms with Crippen molar-refractivity contribution in [2.45, 2.75) is 6.29 Å². The third-order valence-electron chi connectivity index (χ3n) is 11.7. The summed E-state index contributed by atoms with van der Waals surface area (Å²) in [6.45, 7) is 0. The first-order valence-electron chi connectivity index (χ1n) is 19.0. The van der Waals surface area contributed by atoms with Gasteiger partial charge in [-0.15, -0.1) is 11.3 Å². The number of anilines is 1. The summed E-state index contributed by atoms with van der Waals surface area (Å²) >= 11 is 1.87. The van der Waals surface area contributed by atoms with Crippen LogP contribution in [0.4, 0.5) is 5.88 Å². The number of fused-ring (bicyclic) bond motifs is 16. The van der Waals surface area contributed by atoms with Crippen LogP contribution in [0.1, 0.15) is 17.4 Å². The average Bonchev–Trinajstić information content (AvgIpc) is 4.01. The molecule has 4 aromatic heterocycles. The van der Waals surface area contributed by atoms with Gasteiger partial charge < -0.3 is 14.3 Å². The Balaban J connectivity index is 1.13. The predicted octanol–water partition coefficient (Wildman–Crippen LogP) is 13.6.